The maximum absolute atomic E-state index is 12.3. The van der Waals surface area contributed by atoms with E-state index < -0.39 is 0 Å². The van der Waals surface area contributed by atoms with Crippen molar-refractivity contribution in [1.82, 2.24) is 4.98 Å². The van der Waals surface area contributed by atoms with E-state index in [9.17, 15) is 4.79 Å². The van der Waals surface area contributed by atoms with Crippen molar-refractivity contribution in [1.29, 1.82) is 0 Å². The van der Waals surface area contributed by atoms with E-state index in [0.717, 1.165) is 31.2 Å². The van der Waals surface area contributed by atoms with Crippen molar-refractivity contribution in [2.75, 3.05) is 5.75 Å². The average Bonchev–Trinajstić information content (AvgIpc) is 2.99. The van der Waals surface area contributed by atoms with Crippen LogP contribution in [-0.4, -0.2) is 16.5 Å². The Kier molecular flexibility index (Phi) is 5.30. The molecule has 2 nitrogen and oxygen atoms in total. The summed E-state index contributed by atoms with van der Waals surface area (Å²) in [7, 11) is 0. The summed E-state index contributed by atoms with van der Waals surface area (Å²) in [5.74, 6) is 0.551. The zero-order valence-corrected chi connectivity index (χ0v) is 15.7. The molecule has 1 aromatic heterocycles. The molecular formula is C18H14BrNOS2. The van der Waals surface area contributed by atoms with Crippen molar-refractivity contribution in [2.45, 2.75) is 11.3 Å². The first-order chi connectivity index (χ1) is 11.1. The van der Waals surface area contributed by atoms with Crippen LogP contribution >= 0.6 is 39.0 Å². The molecule has 23 heavy (non-hydrogen) atoms. The van der Waals surface area contributed by atoms with E-state index in [1.54, 1.807) is 11.3 Å². The van der Waals surface area contributed by atoms with Gasteiger partial charge in [-0.15, -0.1) is 11.3 Å². The molecule has 0 radical (unpaired) electrons. The maximum Gasteiger partial charge on any atom is 0.173 e. The highest BCUT2D eigenvalue weighted by atomic mass is 79.9. The zero-order chi connectivity index (χ0) is 16.2. The van der Waals surface area contributed by atoms with Gasteiger partial charge in [0.1, 0.15) is 0 Å². The number of carbonyl (C=O) groups is 1. The monoisotopic (exact) mass is 403 g/mol. The zero-order valence-electron chi connectivity index (χ0n) is 12.5. The van der Waals surface area contributed by atoms with Crippen LogP contribution in [0.25, 0.3) is 11.1 Å². The fraction of sp³-hybridized carbons (Fsp3) is 0.111. The molecule has 5 heteroatoms. The number of Topliss-reactive ketones (excluding diaryl/α,β-unsaturated/α-hetero) is 1. The van der Waals surface area contributed by atoms with Crippen LogP contribution < -0.4 is 0 Å². The molecule has 0 fully saturated rings. The van der Waals surface area contributed by atoms with Crippen LogP contribution in [0.5, 0.6) is 0 Å². The highest BCUT2D eigenvalue weighted by molar-refractivity contribution is 9.10. The number of carbonyl (C=O) groups excluding carboxylic acids is 1. The second kappa shape index (κ2) is 7.43. The third-order valence-electron chi connectivity index (χ3n) is 3.31. The van der Waals surface area contributed by atoms with Crippen molar-refractivity contribution in [2.24, 2.45) is 0 Å². The second-order valence-corrected chi connectivity index (χ2v) is 8.05. The Hall–Kier alpha value is -1.43. The van der Waals surface area contributed by atoms with Crippen LogP contribution in [0.2, 0.25) is 0 Å². The van der Waals surface area contributed by atoms with Gasteiger partial charge in [0.2, 0.25) is 0 Å². The van der Waals surface area contributed by atoms with Crippen molar-refractivity contribution in [3.63, 3.8) is 0 Å². The molecule has 0 aliphatic heterocycles. The molecule has 3 aromatic rings. The van der Waals surface area contributed by atoms with Crippen LogP contribution in [0.4, 0.5) is 0 Å². The third-order valence-corrected chi connectivity index (χ3v) is 5.98. The van der Waals surface area contributed by atoms with Gasteiger partial charge in [-0.05, 0) is 30.2 Å². The van der Waals surface area contributed by atoms with E-state index in [4.69, 9.17) is 0 Å². The first kappa shape index (κ1) is 16.4. The predicted octanol–water partition coefficient (Wildman–Crippen LogP) is 5.86. The van der Waals surface area contributed by atoms with Gasteiger partial charge >= 0.3 is 0 Å². The van der Waals surface area contributed by atoms with E-state index in [2.05, 4.69) is 33.0 Å². The Balaban J connectivity index is 1.66. The van der Waals surface area contributed by atoms with Gasteiger partial charge in [0.05, 0.1) is 5.75 Å². The van der Waals surface area contributed by atoms with Crippen molar-refractivity contribution >= 4 is 44.8 Å². The van der Waals surface area contributed by atoms with E-state index in [1.807, 2.05) is 48.7 Å². The summed E-state index contributed by atoms with van der Waals surface area (Å²) in [4.78, 5) is 16.6. The smallest absolute Gasteiger partial charge is 0.173 e. The average molecular weight is 404 g/mol. The lowest BCUT2D eigenvalue weighted by Crippen LogP contribution is -2.01. The van der Waals surface area contributed by atoms with Gasteiger partial charge in [0.25, 0.3) is 0 Å². The normalized spacial score (nSPS) is 10.7. The molecule has 0 saturated carbocycles. The summed E-state index contributed by atoms with van der Waals surface area (Å²) in [5, 5.41) is 2.00. The van der Waals surface area contributed by atoms with Crippen LogP contribution in [0, 0.1) is 6.92 Å². The minimum absolute atomic E-state index is 0.130. The molecule has 0 N–H and O–H groups in total. The number of aryl methyl sites for hydroxylation is 1. The number of thioether (sulfide) groups is 1. The minimum atomic E-state index is 0.130. The largest absolute Gasteiger partial charge is 0.293 e. The fourth-order valence-electron chi connectivity index (χ4n) is 2.10. The van der Waals surface area contributed by atoms with Crippen molar-refractivity contribution in [3.8, 4) is 11.1 Å². The highest BCUT2D eigenvalue weighted by Crippen LogP contribution is 2.25. The van der Waals surface area contributed by atoms with Crippen LogP contribution in [0.15, 0.2) is 62.7 Å². The van der Waals surface area contributed by atoms with Crippen molar-refractivity contribution in [3.05, 3.63) is 69.6 Å². The van der Waals surface area contributed by atoms with Gasteiger partial charge in [-0.3, -0.25) is 4.79 Å². The summed E-state index contributed by atoms with van der Waals surface area (Å²) in [6, 6.07) is 15.9. The number of thiazole rings is 1. The topological polar surface area (TPSA) is 30.0 Å². The van der Waals surface area contributed by atoms with Gasteiger partial charge in [0, 0.05) is 21.1 Å². The molecule has 1 heterocycles. The van der Waals surface area contributed by atoms with Gasteiger partial charge < -0.3 is 0 Å². The molecule has 0 spiro atoms. The van der Waals surface area contributed by atoms with Crippen molar-refractivity contribution < 1.29 is 4.79 Å². The molecule has 0 amide bonds. The Morgan fingerprint density at radius 3 is 2.26 bits per heavy atom. The molecule has 3 rings (SSSR count). The summed E-state index contributed by atoms with van der Waals surface area (Å²) in [5.41, 5.74) is 3.99. The number of hydrogen-bond acceptors (Lipinski definition) is 4. The molecule has 0 saturated heterocycles. The van der Waals surface area contributed by atoms with E-state index in [1.165, 1.54) is 11.8 Å². The molecule has 2 aromatic carbocycles. The molecular weight excluding hydrogens is 390 g/mol. The molecule has 0 unspecified atom stereocenters. The number of nitrogens with zero attached hydrogens (tertiary/aromatic N) is 1. The Morgan fingerprint density at radius 1 is 1.09 bits per heavy atom. The minimum Gasteiger partial charge on any atom is -0.293 e. The lowest BCUT2D eigenvalue weighted by molar-refractivity contribution is 0.102. The third kappa shape index (κ3) is 4.31. The van der Waals surface area contributed by atoms with Gasteiger partial charge in [-0.2, -0.15) is 0 Å². The Morgan fingerprint density at radius 2 is 1.70 bits per heavy atom. The quantitative estimate of drug-likeness (QED) is 0.394. The summed E-state index contributed by atoms with van der Waals surface area (Å²) in [6.07, 6.45) is 0. The summed E-state index contributed by atoms with van der Waals surface area (Å²) in [6.45, 7) is 1.96. The van der Waals surface area contributed by atoms with Gasteiger partial charge in [-0.25, -0.2) is 4.98 Å². The molecule has 0 bridgehead atoms. The maximum atomic E-state index is 12.3. The van der Waals surface area contributed by atoms with E-state index >= 15 is 0 Å². The second-order valence-electron chi connectivity index (χ2n) is 5.05. The SMILES string of the molecule is Cc1csc(SCC(=O)c2ccc(-c3ccc(Br)cc3)cc2)n1. The number of halogens is 1. The number of ketones is 1. The first-order valence-corrected chi connectivity index (χ1v) is 9.72. The molecule has 0 aliphatic carbocycles. The van der Waals surface area contributed by atoms with Crippen LogP contribution in [-0.2, 0) is 0 Å². The van der Waals surface area contributed by atoms with Crippen LogP contribution in [0.3, 0.4) is 0 Å². The summed E-state index contributed by atoms with van der Waals surface area (Å²) < 4.78 is 2.00. The summed E-state index contributed by atoms with van der Waals surface area (Å²) >= 11 is 6.52. The van der Waals surface area contributed by atoms with E-state index in [-0.39, 0.29) is 5.78 Å². The fourth-order valence-corrected chi connectivity index (χ4v) is 4.11. The molecule has 116 valence electrons. The lowest BCUT2D eigenvalue weighted by Gasteiger charge is -2.04. The molecule has 0 aliphatic rings. The molecule has 0 atom stereocenters. The number of hydrogen-bond donors (Lipinski definition) is 0. The number of benzene rings is 2. The van der Waals surface area contributed by atoms with E-state index in [0.29, 0.717) is 5.75 Å². The lowest BCUT2D eigenvalue weighted by atomic mass is 10.0. The number of rotatable bonds is 5. The standard InChI is InChI=1S/C18H14BrNOS2/c1-12-10-22-18(20-12)23-11-17(21)15-4-2-13(3-5-15)14-6-8-16(19)9-7-14/h2-10H,11H2,1H3. The van der Waals surface area contributed by atoms with Gasteiger partial charge in [0.15, 0.2) is 10.1 Å². The first-order valence-electron chi connectivity index (χ1n) is 7.06. The predicted molar refractivity (Wildman–Crippen MR) is 101 cm³/mol. The Bertz CT molecular complexity index is 810. The number of aromatic nitrogens is 1. The van der Waals surface area contributed by atoms with Crippen LogP contribution in [0.1, 0.15) is 16.1 Å². The Labute approximate surface area is 152 Å². The highest BCUT2D eigenvalue weighted by Gasteiger charge is 2.09. The van der Waals surface area contributed by atoms with Gasteiger partial charge in [-0.1, -0.05) is 64.1 Å².